The SMILES string of the molecule is COc1ccc(CN(Cc2ccc(C(N)=O)cc2)C(C)Cc2cccs2)cc1. The molecule has 1 amide bonds. The van der Waals surface area contributed by atoms with E-state index in [1.807, 2.05) is 24.3 Å². The highest BCUT2D eigenvalue weighted by Crippen LogP contribution is 2.20. The van der Waals surface area contributed by atoms with Gasteiger partial charge in [-0.1, -0.05) is 30.3 Å². The molecule has 3 aromatic rings. The summed E-state index contributed by atoms with van der Waals surface area (Å²) in [5.41, 5.74) is 8.30. The van der Waals surface area contributed by atoms with Crippen LogP contribution in [0.5, 0.6) is 5.75 Å². The first kappa shape index (κ1) is 20.1. The Morgan fingerprint density at radius 1 is 1.04 bits per heavy atom. The van der Waals surface area contributed by atoms with Crippen LogP contribution >= 0.6 is 11.3 Å². The van der Waals surface area contributed by atoms with Crippen molar-refractivity contribution in [3.63, 3.8) is 0 Å². The molecule has 0 aliphatic carbocycles. The Labute approximate surface area is 170 Å². The number of carbonyl (C=O) groups is 1. The van der Waals surface area contributed by atoms with Crippen LogP contribution in [0, 0.1) is 0 Å². The van der Waals surface area contributed by atoms with Crippen molar-refractivity contribution in [2.75, 3.05) is 7.11 Å². The molecule has 0 bridgehead atoms. The molecule has 1 heterocycles. The number of primary amides is 1. The number of hydrogen-bond acceptors (Lipinski definition) is 4. The second-order valence-corrected chi connectivity index (χ2v) is 7.98. The predicted molar refractivity (Wildman–Crippen MR) is 115 cm³/mol. The van der Waals surface area contributed by atoms with Crippen LogP contribution < -0.4 is 10.5 Å². The van der Waals surface area contributed by atoms with Crippen molar-refractivity contribution in [3.8, 4) is 5.75 Å². The lowest BCUT2D eigenvalue weighted by Gasteiger charge is -2.29. The number of benzene rings is 2. The van der Waals surface area contributed by atoms with E-state index in [0.717, 1.165) is 30.8 Å². The Morgan fingerprint density at radius 3 is 2.14 bits per heavy atom. The summed E-state index contributed by atoms with van der Waals surface area (Å²) in [6, 6.07) is 20.4. The molecule has 1 aromatic heterocycles. The molecule has 1 unspecified atom stereocenters. The number of carbonyl (C=O) groups excluding carboxylic acids is 1. The second kappa shape index (κ2) is 9.53. The van der Waals surface area contributed by atoms with E-state index in [9.17, 15) is 4.79 Å². The number of nitrogens with two attached hydrogens (primary N) is 1. The zero-order valence-electron chi connectivity index (χ0n) is 16.3. The molecule has 1 atom stereocenters. The smallest absolute Gasteiger partial charge is 0.248 e. The minimum Gasteiger partial charge on any atom is -0.497 e. The number of nitrogens with zero attached hydrogens (tertiary/aromatic N) is 1. The van der Waals surface area contributed by atoms with Gasteiger partial charge in [0.05, 0.1) is 7.11 Å². The summed E-state index contributed by atoms with van der Waals surface area (Å²) in [5.74, 6) is 0.469. The molecular weight excluding hydrogens is 368 g/mol. The van der Waals surface area contributed by atoms with E-state index >= 15 is 0 Å². The van der Waals surface area contributed by atoms with Crippen molar-refractivity contribution < 1.29 is 9.53 Å². The normalized spacial score (nSPS) is 12.1. The molecule has 5 heteroatoms. The number of hydrogen-bond donors (Lipinski definition) is 1. The zero-order valence-corrected chi connectivity index (χ0v) is 17.1. The van der Waals surface area contributed by atoms with Crippen LogP contribution in [0.3, 0.4) is 0 Å². The number of amides is 1. The topological polar surface area (TPSA) is 55.6 Å². The third kappa shape index (κ3) is 5.44. The van der Waals surface area contributed by atoms with Crippen molar-refractivity contribution in [2.45, 2.75) is 32.5 Å². The van der Waals surface area contributed by atoms with Gasteiger partial charge in [0.25, 0.3) is 0 Å². The molecule has 0 radical (unpaired) electrons. The fourth-order valence-electron chi connectivity index (χ4n) is 3.19. The Bertz CT molecular complexity index is 874. The van der Waals surface area contributed by atoms with Crippen LogP contribution in [0.4, 0.5) is 0 Å². The molecule has 0 aliphatic heterocycles. The van der Waals surface area contributed by atoms with Crippen molar-refractivity contribution in [2.24, 2.45) is 5.73 Å². The molecule has 2 aromatic carbocycles. The van der Waals surface area contributed by atoms with Gasteiger partial charge >= 0.3 is 0 Å². The molecule has 0 fully saturated rings. The minimum atomic E-state index is -0.396. The monoisotopic (exact) mass is 394 g/mol. The molecule has 28 heavy (non-hydrogen) atoms. The summed E-state index contributed by atoms with van der Waals surface area (Å²) in [5, 5.41) is 2.12. The van der Waals surface area contributed by atoms with E-state index in [1.54, 1.807) is 30.6 Å². The van der Waals surface area contributed by atoms with Gasteiger partial charge in [-0.15, -0.1) is 11.3 Å². The number of methoxy groups -OCH3 is 1. The highest BCUT2D eigenvalue weighted by Gasteiger charge is 2.16. The summed E-state index contributed by atoms with van der Waals surface area (Å²) in [6.45, 7) is 3.91. The second-order valence-electron chi connectivity index (χ2n) is 6.95. The van der Waals surface area contributed by atoms with Gasteiger partial charge in [-0.05, 0) is 60.2 Å². The Kier molecular flexibility index (Phi) is 6.85. The maximum Gasteiger partial charge on any atom is 0.248 e. The predicted octanol–water partition coefficient (Wildman–Crippen LogP) is 4.49. The van der Waals surface area contributed by atoms with Crippen molar-refractivity contribution >= 4 is 17.2 Å². The van der Waals surface area contributed by atoms with Gasteiger partial charge < -0.3 is 10.5 Å². The standard InChI is InChI=1S/C23H26N2O2S/c1-17(14-22-4-3-13-28-22)25(16-19-7-11-21(27-2)12-8-19)15-18-5-9-20(10-6-18)23(24)26/h3-13,17H,14-16H2,1-2H3,(H2,24,26). The molecule has 0 saturated heterocycles. The van der Waals surface area contributed by atoms with Crippen LogP contribution in [0.2, 0.25) is 0 Å². The quantitative estimate of drug-likeness (QED) is 0.582. The summed E-state index contributed by atoms with van der Waals surface area (Å²) in [7, 11) is 1.68. The van der Waals surface area contributed by atoms with Gasteiger partial charge in [0, 0.05) is 29.6 Å². The lowest BCUT2D eigenvalue weighted by molar-refractivity contribution is 0.1000. The highest BCUT2D eigenvalue weighted by molar-refractivity contribution is 7.09. The van der Waals surface area contributed by atoms with E-state index < -0.39 is 5.91 Å². The van der Waals surface area contributed by atoms with E-state index in [2.05, 4.69) is 41.5 Å². The lowest BCUT2D eigenvalue weighted by atomic mass is 10.1. The first-order valence-electron chi connectivity index (χ1n) is 9.33. The van der Waals surface area contributed by atoms with Crippen LogP contribution in [-0.2, 0) is 19.5 Å². The van der Waals surface area contributed by atoms with Crippen molar-refractivity contribution in [1.29, 1.82) is 0 Å². The molecule has 2 N–H and O–H groups in total. The van der Waals surface area contributed by atoms with E-state index in [-0.39, 0.29) is 0 Å². The Balaban J connectivity index is 1.76. The van der Waals surface area contributed by atoms with E-state index in [4.69, 9.17) is 10.5 Å². The Morgan fingerprint density at radius 2 is 1.64 bits per heavy atom. The maximum absolute atomic E-state index is 11.3. The van der Waals surface area contributed by atoms with E-state index in [1.165, 1.54) is 10.4 Å². The third-order valence-electron chi connectivity index (χ3n) is 4.87. The molecule has 146 valence electrons. The number of ether oxygens (including phenoxy) is 1. The number of rotatable bonds is 9. The summed E-state index contributed by atoms with van der Waals surface area (Å²) in [4.78, 5) is 15.2. The molecule has 4 nitrogen and oxygen atoms in total. The number of thiophene rings is 1. The maximum atomic E-state index is 11.3. The molecule has 0 aliphatic rings. The summed E-state index contributed by atoms with van der Waals surface area (Å²) >= 11 is 1.80. The average molecular weight is 395 g/mol. The van der Waals surface area contributed by atoms with Crippen LogP contribution in [-0.4, -0.2) is 24.0 Å². The summed E-state index contributed by atoms with van der Waals surface area (Å²) < 4.78 is 5.27. The third-order valence-corrected chi connectivity index (χ3v) is 5.77. The van der Waals surface area contributed by atoms with Gasteiger partial charge in [-0.2, -0.15) is 0 Å². The van der Waals surface area contributed by atoms with E-state index in [0.29, 0.717) is 11.6 Å². The van der Waals surface area contributed by atoms with Gasteiger partial charge in [0.1, 0.15) is 5.75 Å². The molecule has 0 spiro atoms. The summed E-state index contributed by atoms with van der Waals surface area (Å²) in [6.07, 6.45) is 1.01. The lowest BCUT2D eigenvalue weighted by Crippen LogP contribution is -2.33. The molecular formula is C23H26N2O2S. The van der Waals surface area contributed by atoms with Crippen molar-refractivity contribution in [1.82, 2.24) is 4.90 Å². The average Bonchev–Trinajstić information content (AvgIpc) is 3.21. The fourth-order valence-corrected chi connectivity index (χ4v) is 4.02. The molecule has 3 rings (SSSR count). The first-order valence-corrected chi connectivity index (χ1v) is 10.2. The largest absolute Gasteiger partial charge is 0.497 e. The van der Waals surface area contributed by atoms with Crippen LogP contribution in [0.1, 0.15) is 33.3 Å². The van der Waals surface area contributed by atoms with Crippen LogP contribution in [0.25, 0.3) is 0 Å². The minimum absolute atomic E-state index is 0.372. The van der Waals surface area contributed by atoms with Gasteiger partial charge in [0.15, 0.2) is 0 Å². The van der Waals surface area contributed by atoms with Gasteiger partial charge in [0.2, 0.25) is 5.91 Å². The van der Waals surface area contributed by atoms with Gasteiger partial charge in [-0.3, -0.25) is 9.69 Å². The van der Waals surface area contributed by atoms with Crippen LogP contribution in [0.15, 0.2) is 66.0 Å². The Hall–Kier alpha value is -2.63. The fraction of sp³-hybridized carbons (Fsp3) is 0.261. The zero-order chi connectivity index (χ0) is 19.9. The van der Waals surface area contributed by atoms with Gasteiger partial charge in [-0.25, -0.2) is 0 Å². The first-order chi connectivity index (χ1) is 13.5. The highest BCUT2D eigenvalue weighted by atomic mass is 32.1. The van der Waals surface area contributed by atoms with Crippen molar-refractivity contribution in [3.05, 3.63) is 87.6 Å². The molecule has 0 saturated carbocycles.